The molecule has 0 saturated carbocycles. The number of anilines is 3. The Hall–Kier alpha value is -3.06. The van der Waals surface area contributed by atoms with Crippen molar-refractivity contribution in [2.24, 2.45) is 0 Å². The normalized spacial score (nSPS) is 13.5. The standard InChI is InChI=1S/C26H36N4O3/c1-4-33-16-8-13-27-25(31)22-18-21(10-12-24(22)30-14-6-5-7-15-30)28-26(32)29-23-11-9-19(2)17-20(23)3/h9-12,17-18H,4-8,13-16H2,1-3H3,(H,27,31)(H2,28,29,32). The van der Waals surface area contributed by atoms with Gasteiger partial charge in [-0.2, -0.15) is 0 Å². The highest BCUT2D eigenvalue weighted by Gasteiger charge is 2.19. The Morgan fingerprint density at radius 2 is 1.79 bits per heavy atom. The van der Waals surface area contributed by atoms with E-state index in [9.17, 15) is 9.59 Å². The van der Waals surface area contributed by atoms with Crippen LogP contribution in [0.25, 0.3) is 0 Å². The maximum absolute atomic E-state index is 13.0. The Balaban J connectivity index is 1.72. The maximum Gasteiger partial charge on any atom is 0.323 e. The number of nitrogens with one attached hydrogen (secondary N) is 3. The molecule has 1 aliphatic rings. The SMILES string of the molecule is CCOCCCNC(=O)c1cc(NC(=O)Nc2ccc(C)cc2C)ccc1N1CCCCC1. The van der Waals surface area contributed by atoms with Crippen molar-refractivity contribution >= 4 is 29.0 Å². The van der Waals surface area contributed by atoms with Crippen LogP contribution in [0.4, 0.5) is 21.9 Å². The van der Waals surface area contributed by atoms with Crippen LogP contribution in [0.2, 0.25) is 0 Å². The molecule has 7 heteroatoms. The predicted octanol–water partition coefficient (Wildman–Crippen LogP) is 5.09. The van der Waals surface area contributed by atoms with Crippen molar-refractivity contribution in [2.75, 3.05) is 48.4 Å². The van der Waals surface area contributed by atoms with Gasteiger partial charge in [0.15, 0.2) is 0 Å². The Morgan fingerprint density at radius 1 is 1.00 bits per heavy atom. The molecule has 178 valence electrons. The van der Waals surface area contributed by atoms with E-state index in [1.807, 2.05) is 51.1 Å². The molecule has 1 saturated heterocycles. The molecule has 0 aromatic heterocycles. The molecule has 1 fully saturated rings. The number of benzene rings is 2. The van der Waals surface area contributed by atoms with Gasteiger partial charge in [-0.05, 0) is 76.3 Å². The van der Waals surface area contributed by atoms with Crippen LogP contribution >= 0.6 is 0 Å². The Bertz CT molecular complexity index is 955. The van der Waals surface area contributed by atoms with Crippen molar-refractivity contribution in [3.63, 3.8) is 0 Å². The van der Waals surface area contributed by atoms with E-state index in [1.54, 1.807) is 6.07 Å². The third kappa shape index (κ3) is 7.22. The minimum atomic E-state index is -0.337. The molecule has 1 aliphatic heterocycles. The molecule has 0 unspecified atom stereocenters. The summed E-state index contributed by atoms with van der Waals surface area (Å²) in [7, 11) is 0. The number of hydrogen-bond donors (Lipinski definition) is 3. The van der Waals surface area contributed by atoms with Gasteiger partial charge < -0.3 is 25.6 Å². The number of carbonyl (C=O) groups is 2. The number of ether oxygens (including phenoxy) is 1. The van der Waals surface area contributed by atoms with E-state index in [0.29, 0.717) is 31.0 Å². The van der Waals surface area contributed by atoms with Crippen LogP contribution in [0.3, 0.4) is 0 Å². The van der Waals surface area contributed by atoms with Gasteiger partial charge in [0.2, 0.25) is 0 Å². The van der Waals surface area contributed by atoms with Gasteiger partial charge in [-0.3, -0.25) is 4.79 Å². The van der Waals surface area contributed by atoms with E-state index < -0.39 is 0 Å². The molecule has 3 rings (SSSR count). The van der Waals surface area contributed by atoms with Gasteiger partial charge in [0.1, 0.15) is 0 Å². The first-order valence-corrected chi connectivity index (χ1v) is 11.9. The van der Waals surface area contributed by atoms with Crippen LogP contribution in [0.5, 0.6) is 0 Å². The van der Waals surface area contributed by atoms with Crippen molar-refractivity contribution in [1.82, 2.24) is 5.32 Å². The molecule has 3 amide bonds. The van der Waals surface area contributed by atoms with Crippen molar-refractivity contribution in [2.45, 2.75) is 46.5 Å². The highest BCUT2D eigenvalue weighted by Crippen LogP contribution is 2.27. The third-order valence-electron chi connectivity index (χ3n) is 5.78. The maximum atomic E-state index is 13.0. The molecule has 1 heterocycles. The molecule has 2 aromatic rings. The number of aryl methyl sites for hydroxylation is 2. The van der Waals surface area contributed by atoms with E-state index in [2.05, 4.69) is 20.9 Å². The van der Waals surface area contributed by atoms with E-state index in [4.69, 9.17) is 4.74 Å². The monoisotopic (exact) mass is 452 g/mol. The number of piperidine rings is 1. The summed E-state index contributed by atoms with van der Waals surface area (Å²) >= 11 is 0. The molecular weight excluding hydrogens is 416 g/mol. The summed E-state index contributed by atoms with van der Waals surface area (Å²) in [5.74, 6) is -0.134. The Morgan fingerprint density at radius 3 is 2.52 bits per heavy atom. The number of urea groups is 1. The fraction of sp³-hybridized carbons (Fsp3) is 0.462. The number of amides is 3. The summed E-state index contributed by atoms with van der Waals surface area (Å²) in [6, 6.07) is 11.1. The highest BCUT2D eigenvalue weighted by atomic mass is 16.5. The summed E-state index contributed by atoms with van der Waals surface area (Å²) in [5, 5.41) is 8.76. The first-order valence-electron chi connectivity index (χ1n) is 11.9. The number of rotatable bonds is 9. The van der Waals surface area contributed by atoms with Crippen LogP contribution in [0.15, 0.2) is 36.4 Å². The van der Waals surface area contributed by atoms with E-state index in [1.165, 1.54) is 6.42 Å². The number of carbonyl (C=O) groups excluding carboxylic acids is 2. The smallest absolute Gasteiger partial charge is 0.323 e. The molecular formula is C26H36N4O3. The first kappa shape index (κ1) is 24.6. The minimum absolute atomic E-state index is 0.134. The Kier molecular flexibility index (Phi) is 9.13. The van der Waals surface area contributed by atoms with Crippen LogP contribution in [0, 0.1) is 13.8 Å². The lowest BCUT2D eigenvalue weighted by atomic mass is 10.1. The average molecular weight is 453 g/mol. The molecule has 0 bridgehead atoms. The molecule has 0 aliphatic carbocycles. The second-order valence-electron chi connectivity index (χ2n) is 8.48. The van der Waals surface area contributed by atoms with Gasteiger partial charge in [-0.25, -0.2) is 4.79 Å². The minimum Gasteiger partial charge on any atom is -0.382 e. The third-order valence-corrected chi connectivity index (χ3v) is 5.78. The van der Waals surface area contributed by atoms with E-state index >= 15 is 0 Å². The second kappa shape index (κ2) is 12.3. The quantitative estimate of drug-likeness (QED) is 0.463. The fourth-order valence-electron chi connectivity index (χ4n) is 4.06. The molecule has 0 radical (unpaired) electrons. The summed E-state index contributed by atoms with van der Waals surface area (Å²) < 4.78 is 5.35. The fourth-order valence-corrected chi connectivity index (χ4v) is 4.06. The van der Waals surface area contributed by atoms with Gasteiger partial charge in [0, 0.05) is 49.9 Å². The molecule has 0 spiro atoms. The van der Waals surface area contributed by atoms with Gasteiger partial charge in [-0.15, -0.1) is 0 Å². The van der Waals surface area contributed by atoms with Gasteiger partial charge >= 0.3 is 6.03 Å². The Labute approximate surface area is 196 Å². The lowest BCUT2D eigenvalue weighted by Crippen LogP contribution is -2.33. The van der Waals surface area contributed by atoms with Gasteiger partial charge in [-0.1, -0.05) is 17.7 Å². The zero-order chi connectivity index (χ0) is 23.6. The molecule has 7 nitrogen and oxygen atoms in total. The predicted molar refractivity (Wildman–Crippen MR) is 135 cm³/mol. The van der Waals surface area contributed by atoms with Crippen LogP contribution in [0.1, 0.15) is 54.1 Å². The van der Waals surface area contributed by atoms with Crippen LogP contribution in [-0.2, 0) is 4.74 Å². The van der Waals surface area contributed by atoms with Crippen molar-refractivity contribution in [3.8, 4) is 0 Å². The first-order chi connectivity index (χ1) is 16.0. The second-order valence-corrected chi connectivity index (χ2v) is 8.48. The molecule has 3 N–H and O–H groups in total. The van der Waals surface area contributed by atoms with E-state index in [0.717, 1.165) is 54.9 Å². The lowest BCUT2D eigenvalue weighted by molar-refractivity contribution is 0.0944. The summed E-state index contributed by atoms with van der Waals surface area (Å²) in [4.78, 5) is 27.9. The highest BCUT2D eigenvalue weighted by molar-refractivity contribution is 6.04. The summed E-state index contributed by atoms with van der Waals surface area (Å²) in [5.41, 5.74) is 4.98. The average Bonchev–Trinajstić information content (AvgIpc) is 2.81. The molecule has 0 atom stereocenters. The largest absolute Gasteiger partial charge is 0.382 e. The van der Waals surface area contributed by atoms with Crippen LogP contribution < -0.4 is 20.9 Å². The molecule has 2 aromatic carbocycles. The number of nitrogens with zero attached hydrogens (tertiary/aromatic N) is 1. The van der Waals surface area contributed by atoms with Crippen molar-refractivity contribution in [1.29, 1.82) is 0 Å². The van der Waals surface area contributed by atoms with Crippen molar-refractivity contribution in [3.05, 3.63) is 53.1 Å². The van der Waals surface area contributed by atoms with E-state index in [-0.39, 0.29) is 11.9 Å². The molecule has 33 heavy (non-hydrogen) atoms. The van der Waals surface area contributed by atoms with Gasteiger partial charge in [0.05, 0.1) is 5.56 Å². The zero-order valence-electron chi connectivity index (χ0n) is 20.0. The zero-order valence-corrected chi connectivity index (χ0v) is 20.0. The van der Waals surface area contributed by atoms with Crippen molar-refractivity contribution < 1.29 is 14.3 Å². The summed E-state index contributed by atoms with van der Waals surface area (Å²) in [6.45, 7) is 9.64. The topological polar surface area (TPSA) is 82.7 Å². The lowest BCUT2D eigenvalue weighted by Gasteiger charge is -2.30. The number of hydrogen-bond acceptors (Lipinski definition) is 4. The van der Waals surface area contributed by atoms with Gasteiger partial charge in [0.25, 0.3) is 5.91 Å². The van der Waals surface area contributed by atoms with Crippen LogP contribution in [-0.4, -0.2) is 44.8 Å². The summed E-state index contributed by atoms with van der Waals surface area (Å²) in [6.07, 6.45) is 4.21.